The number of fused-ring (bicyclic) bond motifs is 15. The van der Waals surface area contributed by atoms with Gasteiger partial charge in [-0.3, -0.25) is 0 Å². The maximum absolute atomic E-state index is 12.1. The third-order valence-corrected chi connectivity index (χ3v) is 28.8. The number of phenolic OH excluding ortho intramolecular Hbond substituents is 3. The summed E-state index contributed by atoms with van der Waals surface area (Å²) in [6.07, 6.45) is 17.8. The van der Waals surface area contributed by atoms with Crippen LogP contribution in [-0.2, 0) is 32.1 Å². The first kappa shape index (κ1) is 94.9. The topological polar surface area (TPSA) is 360 Å². The summed E-state index contributed by atoms with van der Waals surface area (Å²) in [7, 11) is 0. The molecule has 4 unspecified atom stereocenters. The number of carboxylic acids is 3. The highest BCUT2D eigenvalue weighted by molar-refractivity contribution is 5.96. The number of aromatic hydroxyl groups is 5. The zero-order valence-corrected chi connectivity index (χ0v) is 75.7. The number of rotatable bonds is 22. The molecule has 20 atom stereocenters. The molecule has 123 heavy (non-hydrogen) atoms. The van der Waals surface area contributed by atoms with Gasteiger partial charge in [0.25, 0.3) is 0 Å². The quantitative estimate of drug-likeness (QED) is 0.0226. The molecule has 0 spiro atoms. The number of aryl methyl sites for hydroxylation is 5. The normalized spacial score (nSPS) is 30.3. The number of aliphatic hydroxyl groups is 5. The van der Waals surface area contributed by atoms with Gasteiger partial charge in [-0.1, -0.05) is 135 Å². The molecule has 10 aliphatic rings. The number of hydrogen-bond acceptors (Lipinski definition) is 18. The Hall–Kier alpha value is -8.73. The van der Waals surface area contributed by atoms with Crippen LogP contribution in [0.1, 0.15) is 349 Å². The second-order valence-electron chi connectivity index (χ2n) is 39.2. The number of ether oxygens (including phenoxy) is 5. The molecule has 15 rings (SSSR count). The molecule has 0 aromatic heterocycles. The van der Waals surface area contributed by atoms with Crippen LogP contribution < -0.4 is 23.7 Å². The van der Waals surface area contributed by atoms with Crippen LogP contribution in [0.5, 0.6) is 57.5 Å². The van der Waals surface area contributed by atoms with Crippen molar-refractivity contribution in [1.82, 2.24) is 0 Å². The van der Waals surface area contributed by atoms with E-state index in [9.17, 15) is 80.8 Å². The highest BCUT2D eigenvalue weighted by atomic mass is 16.5. The number of carbonyl (C=O) groups is 3. The number of benzene rings is 5. The van der Waals surface area contributed by atoms with Gasteiger partial charge in [-0.15, -0.1) is 0 Å². The molecule has 5 aliphatic heterocycles. The van der Waals surface area contributed by atoms with Gasteiger partial charge in [0.15, 0.2) is 0 Å². The highest BCUT2D eigenvalue weighted by Crippen LogP contribution is 2.63. The number of unbranched alkanes of at least 4 members (excludes halogenated alkanes) is 4. The van der Waals surface area contributed by atoms with Gasteiger partial charge in [0.1, 0.15) is 105 Å². The fraction of sp³-hybridized carbons (Fsp3) is 0.598. The second kappa shape index (κ2) is 37.4. The predicted octanol–water partition coefficient (Wildman–Crippen LogP) is 20.4. The third kappa shape index (κ3) is 18.8. The fourth-order valence-electron chi connectivity index (χ4n) is 22.5. The van der Waals surface area contributed by atoms with Crippen LogP contribution in [-0.4, -0.2) is 143 Å². The van der Waals surface area contributed by atoms with E-state index in [4.69, 9.17) is 23.7 Å². The Kier molecular flexibility index (Phi) is 28.9. The zero-order chi connectivity index (χ0) is 90.5. The van der Waals surface area contributed by atoms with Crippen LogP contribution >= 0.6 is 0 Å². The van der Waals surface area contributed by atoms with Gasteiger partial charge < -0.3 is 90.1 Å². The minimum absolute atomic E-state index is 0.00748. The van der Waals surface area contributed by atoms with E-state index in [1.807, 2.05) is 73.6 Å². The second-order valence-corrected chi connectivity index (χ2v) is 39.2. The van der Waals surface area contributed by atoms with E-state index in [2.05, 4.69) is 67.0 Å². The molecule has 0 radical (unpaired) electrons. The van der Waals surface area contributed by atoms with E-state index >= 15 is 0 Å². The van der Waals surface area contributed by atoms with Crippen molar-refractivity contribution in [1.29, 1.82) is 0 Å². The van der Waals surface area contributed by atoms with E-state index in [0.29, 0.717) is 107 Å². The van der Waals surface area contributed by atoms with Gasteiger partial charge in [0.05, 0.1) is 28.0 Å². The van der Waals surface area contributed by atoms with Crippen molar-refractivity contribution in [2.45, 2.75) is 353 Å². The van der Waals surface area contributed by atoms with Crippen LogP contribution in [0.2, 0.25) is 0 Å². The third-order valence-electron chi connectivity index (χ3n) is 28.8. The van der Waals surface area contributed by atoms with Gasteiger partial charge in [-0.25, -0.2) is 14.4 Å². The molecule has 5 aliphatic carbocycles. The summed E-state index contributed by atoms with van der Waals surface area (Å²) in [5, 5.41) is 137. The molecular weight excluding hydrogens is 1560 g/mol. The average Bonchev–Trinajstić information content (AvgIpc) is 1.56. The summed E-state index contributed by atoms with van der Waals surface area (Å²) in [5.74, 6) is -0.0606. The maximum atomic E-state index is 12.1. The molecule has 21 nitrogen and oxygen atoms in total. The molecule has 0 saturated heterocycles. The van der Waals surface area contributed by atoms with Crippen LogP contribution in [0, 0.1) is 35.5 Å². The molecular formula is C102H140O21. The number of phenols is 5. The van der Waals surface area contributed by atoms with Crippen LogP contribution in [0.15, 0.2) is 91.1 Å². The molecule has 674 valence electrons. The van der Waals surface area contributed by atoms with Crippen molar-refractivity contribution in [3.8, 4) is 57.5 Å². The monoisotopic (exact) mass is 1700 g/mol. The Balaban J connectivity index is 0.000000150. The van der Waals surface area contributed by atoms with Crippen molar-refractivity contribution in [2.75, 3.05) is 0 Å². The molecule has 5 aromatic carbocycles. The van der Waals surface area contributed by atoms with Gasteiger partial charge in [0.2, 0.25) is 0 Å². The highest BCUT2D eigenvalue weighted by Gasteiger charge is 2.60. The van der Waals surface area contributed by atoms with Crippen molar-refractivity contribution in [2.24, 2.45) is 35.5 Å². The summed E-state index contributed by atoms with van der Waals surface area (Å²) in [6.45, 7) is 47.6. The Morgan fingerprint density at radius 3 is 1.08 bits per heavy atom. The first-order valence-corrected chi connectivity index (χ1v) is 45.4. The molecule has 21 heteroatoms. The standard InChI is InChI=1S/2C22H30O5.C20H26O5.C19H28O3.C19H26O3/c1-5-6-7-8-13-11-15-18(19(23)16(13)21(24)25)17-14(12(2)3)9-10-22(4,26)20(17)27-15;1-5-6-7-8-13-11-15(23)18-17-14(12(2)3)9-10-22(4,26)20(17)27-19(18)16(13)21(24)25;1-5-6-11-9-13-16(17(21)14(11)19(22)23)15-12(10(2)3)7-8-20(4,24)18(15)25-13;1-5-6-12-9-14(20)17-15(10-12)22-18-11(2)7-8-13(16(17)18)19(3,4)21;1-5-6-12-9-14(20)17-15(10-12)22-18-16(17)13(11(2)3)7-8-19(18,4)21/h2*11,14,17,20,23,26H,2,5-10H2,1,3-4H3,(H,24,25);9,12,15,18,21,24H,2,5-8H2,1,3-4H3,(H,22,23);9-11,13,16,18,20-21H,5-8H2,1-4H3;9-10,13,16,18,20-21H,2,5-8H2,1,3-4H3/t2*14-,17+,20-,22-;12-,15+,18-,20-;;13-,16+,18-,19-/m000.0/s1. The minimum atomic E-state index is -1.14. The summed E-state index contributed by atoms with van der Waals surface area (Å²) in [6, 6.07) is 12.9. The van der Waals surface area contributed by atoms with Gasteiger partial charge in [-0.05, 0) is 284 Å². The molecule has 13 N–H and O–H groups in total. The maximum Gasteiger partial charge on any atom is 0.339 e. The lowest BCUT2D eigenvalue weighted by atomic mass is 9.65. The van der Waals surface area contributed by atoms with Crippen LogP contribution in [0.4, 0.5) is 0 Å². The number of allylic oxidation sites excluding steroid dienone is 4. The molecule has 0 bridgehead atoms. The lowest BCUT2D eigenvalue weighted by molar-refractivity contribution is -0.0827. The first-order valence-electron chi connectivity index (χ1n) is 45.4. The van der Waals surface area contributed by atoms with E-state index < -0.39 is 64.2 Å². The summed E-state index contributed by atoms with van der Waals surface area (Å²) in [4.78, 5) is 35.7. The van der Waals surface area contributed by atoms with Gasteiger partial charge in [0, 0.05) is 57.4 Å². The van der Waals surface area contributed by atoms with Crippen molar-refractivity contribution >= 4 is 17.9 Å². The number of aromatic carboxylic acids is 3. The zero-order valence-electron chi connectivity index (χ0n) is 75.7. The molecule has 5 aromatic rings. The molecule has 5 heterocycles. The van der Waals surface area contributed by atoms with Gasteiger partial charge in [-0.2, -0.15) is 0 Å². The van der Waals surface area contributed by atoms with Crippen molar-refractivity contribution < 1.29 is 104 Å². The Bertz CT molecular complexity index is 4770. The Morgan fingerprint density at radius 1 is 0.398 bits per heavy atom. The van der Waals surface area contributed by atoms with Crippen molar-refractivity contribution in [3.05, 3.63) is 163 Å². The minimum Gasteiger partial charge on any atom is -0.508 e. The SMILES string of the molecule is C=C(C)[C@@H]1CC[C@](C)(O)[C@H]2Oc3c(C(=O)O)c(CCCCC)cc(O)c3[C@@H]12.C=C(C)[C@@H]1CC[C@](C)(O)[C@H]2Oc3cc(CCC)c(C(=O)O)c(O)c3[C@@H]12.C=C(C)[C@@H]1CC[C@](C)(O)[C@H]2Oc3cc(CCC)cc(O)c3[C@@H]12.C=C(C)[C@@H]1CC[C@](C)(O)[C@H]2Oc3cc(CCCCC)c(C(=O)O)c(O)c3[C@@H]12.CCCc1cc(O)c2c(c1)OC1C(C)CCC(C(C)(C)O)C21. The van der Waals surface area contributed by atoms with Gasteiger partial charge >= 0.3 is 17.9 Å². The lowest BCUT2D eigenvalue weighted by Crippen LogP contribution is -2.50. The smallest absolute Gasteiger partial charge is 0.339 e. The predicted molar refractivity (Wildman–Crippen MR) is 476 cm³/mol. The molecule has 5 saturated carbocycles. The fourth-order valence-corrected chi connectivity index (χ4v) is 22.5. The Morgan fingerprint density at radius 2 is 0.724 bits per heavy atom. The van der Waals surface area contributed by atoms with Crippen LogP contribution in [0.25, 0.3) is 0 Å². The Labute approximate surface area is 728 Å². The first-order chi connectivity index (χ1) is 57.7. The lowest BCUT2D eigenvalue weighted by Gasteiger charge is -2.42. The number of hydrogen-bond donors (Lipinski definition) is 13. The average molecular weight is 1700 g/mol. The van der Waals surface area contributed by atoms with E-state index in [-0.39, 0.29) is 111 Å². The summed E-state index contributed by atoms with van der Waals surface area (Å²) < 4.78 is 30.7. The van der Waals surface area contributed by atoms with Crippen LogP contribution in [0.3, 0.4) is 0 Å². The molecule has 5 fully saturated rings. The number of carboxylic acid groups (broad SMARTS) is 3. The summed E-state index contributed by atoms with van der Waals surface area (Å²) >= 11 is 0. The van der Waals surface area contributed by atoms with E-state index in [0.717, 1.165) is 165 Å². The summed E-state index contributed by atoms with van der Waals surface area (Å²) in [5.41, 5.74) is 6.54. The molecule has 0 amide bonds. The largest absolute Gasteiger partial charge is 0.508 e. The van der Waals surface area contributed by atoms with E-state index in [1.54, 1.807) is 39.0 Å². The van der Waals surface area contributed by atoms with E-state index in [1.165, 1.54) is 0 Å². The van der Waals surface area contributed by atoms with Crippen molar-refractivity contribution in [3.63, 3.8) is 0 Å².